The van der Waals surface area contributed by atoms with Gasteiger partial charge in [0.15, 0.2) is 0 Å². The molecule has 0 radical (unpaired) electrons. The molecule has 0 bridgehead atoms. The smallest absolute Gasteiger partial charge is 0.405 e. The number of nitrogens with zero attached hydrogens (tertiary/aromatic N) is 2. The van der Waals surface area contributed by atoms with Gasteiger partial charge in [-0.3, -0.25) is 9.59 Å². The number of ether oxygens (including phenoxy) is 1. The number of hydrogen-bond donors (Lipinski definition) is 3. The molecule has 5 N–H and O–H groups in total. The van der Waals surface area contributed by atoms with Crippen LogP contribution < -0.4 is 26.5 Å². The summed E-state index contributed by atoms with van der Waals surface area (Å²) in [7, 11) is 0. The summed E-state index contributed by atoms with van der Waals surface area (Å²) >= 11 is 0. The Morgan fingerprint density at radius 2 is 1.82 bits per heavy atom. The number of halogens is 3. The van der Waals surface area contributed by atoms with E-state index in [-0.39, 0.29) is 35.0 Å². The molecule has 8 nitrogen and oxygen atoms in total. The molecule has 2 amide bonds. The van der Waals surface area contributed by atoms with Crippen molar-refractivity contribution in [2.75, 3.05) is 18.2 Å². The maximum absolute atomic E-state index is 12.5. The fraction of sp³-hybridized carbons (Fsp3) is 0.261. The van der Waals surface area contributed by atoms with Crippen LogP contribution in [0.25, 0.3) is 0 Å². The fourth-order valence-corrected chi connectivity index (χ4v) is 2.99. The Hall–Kier alpha value is -4.02. The van der Waals surface area contributed by atoms with E-state index in [0.717, 1.165) is 12.0 Å². The molecule has 0 saturated heterocycles. The van der Waals surface area contributed by atoms with Gasteiger partial charge in [-0.1, -0.05) is 30.3 Å². The van der Waals surface area contributed by atoms with E-state index in [2.05, 4.69) is 11.8 Å². The monoisotopic (exact) mass is 477 g/mol. The number of alkyl halides is 3. The van der Waals surface area contributed by atoms with Gasteiger partial charge in [-0.15, -0.1) is 0 Å². The first-order chi connectivity index (χ1) is 16.0. The Labute approximate surface area is 195 Å². The van der Waals surface area contributed by atoms with E-state index < -0.39 is 24.5 Å². The molecule has 0 aliphatic rings. The molecule has 34 heavy (non-hydrogen) atoms. The lowest BCUT2D eigenvalue weighted by Crippen LogP contribution is -2.33. The molecule has 2 aromatic carbocycles. The van der Waals surface area contributed by atoms with Crippen LogP contribution in [0.5, 0.6) is 5.75 Å². The SMILES string of the molecule is C=NN(/C(C)=C(\N)C(N)=O)c1ccc(C(=O)NCC(F)(F)F)cc1OCCCc1ccccc1. The number of rotatable bonds is 11. The molecule has 0 spiro atoms. The molecule has 182 valence electrons. The zero-order valence-electron chi connectivity index (χ0n) is 18.6. The summed E-state index contributed by atoms with van der Waals surface area (Å²) in [6, 6.07) is 13.7. The number of aryl methyl sites for hydroxylation is 1. The highest BCUT2D eigenvalue weighted by molar-refractivity contribution is 5.96. The van der Waals surface area contributed by atoms with Gasteiger partial charge in [0.05, 0.1) is 12.3 Å². The number of carbonyl (C=O) groups is 2. The maximum Gasteiger partial charge on any atom is 0.405 e. The van der Waals surface area contributed by atoms with Crippen LogP contribution in [0.2, 0.25) is 0 Å². The van der Waals surface area contributed by atoms with E-state index in [9.17, 15) is 22.8 Å². The van der Waals surface area contributed by atoms with Crippen LogP contribution in [0.1, 0.15) is 29.3 Å². The Bertz CT molecular complexity index is 1060. The summed E-state index contributed by atoms with van der Waals surface area (Å²) in [5, 5.41) is 6.86. The Kier molecular flexibility index (Phi) is 9.05. The first-order valence-electron chi connectivity index (χ1n) is 10.2. The van der Waals surface area contributed by atoms with Crippen LogP contribution in [-0.2, 0) is 11.2 Å². The average molecular weight is 477 g/mol. The minimum Gasteiger partial charge on any atom is -0.491 e. The molecule has 0 atom stereocenters. The lowest BCUT2D eigenvalue weighted by molar-refractivity contribution is -0.123. The van der Waals surface area contributed by atoms with Crippen molar-refractivity contribution in [1.82, 2.24) is 5.32 Å². The number of anilines is 1. The number of amides is 2. The molecular formula is C23H26F3N5O3. The van der Waals surface area contributed by atoms with Crippen molar-refractivity contribution in [2.24, 2.45) is 16.6 Å². The third kappa shape index (κ3) is 7.54. The van der Waals surface area contributed by atoms with Crippen LogP contribution >= 0.6 is 0 Å². The minimum absolute atomic E-state index is 0.0559. The summed E-state index contributed by atoms with van der Waals surface area (Å²) < 4.78 is 43.3. The van der Waals surface area contributed by atoms with Crippen LogP contribution in [0, 0.1) is 0 Å². The van der Waals surface area contributed by atoms with Crippen molar-refractivity contribution >= 4 is 24.2 Å². The van der Waals surface area contributed by atoms with Gasteiger partial charge in [-0.25, -0.2) is 5.01 Å². The lowest BCUT2D eigenvalue weighted by Gasteiger charge is -2.23. The van der Waals surface area contributed by atoms with Crippen LogP contribution in [0.15, 0.2) is 65.0 Å². The second-order valence-electron chi connectivity index (χ2n) is 7.23. The van der Waals surface area contributed by atoms with E-state index in [1.165, 1.54) is 30.1 Å². The fourth-order valence-electron chi connectivity index (χ4n) is 2.99. The highest BCUT2D eigenvalue weighted by atomic mass is 19.4. The molecule has 2 aromatic rings. The number of nitrogens with one attached hydrogen (secondary N) is 1. The predicted molar refractivity (Wildman–Crippen MR) is 123 cm³/mol. The number of allylic oxidation sites excluding steroid dienone is 1. The van der Waals surface area contributed by atoms with Gasteiger partial charge < -0.3 is 21.5 Å². The van der Waals surface area contributed by atoms with E-state index in [1.54, 1.807) is 0 Å². The lowest BCUT2D eigenvalue weighted by atomic mass is 10.1. The predicted octanol–water partition coefficient (Wildman–Crippen LogP) is 3.09. The first kappa shape index (κ1) is 26.2. The second kappa shape index (κ2) is 11.7. The normalized spacial score (nSPS) is 11.9. The maximum atomic E-state index is 12.5. The van der Waals surface area contributed by atoms with Gasteiger partial charge in [0.2, 0.25) is 0 Å². The van der Waals surface area contributed by atoms with Crippen molar-refractivity contribution < 1.29 is 27.5 Å². The summed E-state index contributed by atoms with van der Waals surface area (Å²) in [5.74, 6) is -1.67. The highest BCUT2D eigenvalue weighted by Gasteiger charge is 2.28. The van der Waals surface area contributed by atoms with Gasteiger partial charge in [-0.2, -0.15) is 18.3 Å². The van der Waals surface area contributed by atoms with Gasteiger partial charge in [-0.05, 0) is 43.5 Å². The van der Waals surface area contributed by atoms with Crippen LogP contribution in [-0.4, -0.2) is 37.9 Å². The molecule has 0 saturated carbocycles. The van der Waals surface area contributed by atoms with E-state index in [0.29, 0.717) is 6.42 Å². The first-order valence-corrected chi connectivity index (χ1v) is 10.2. The number of hydrogen-bond acceptors (Lipinski definition) is 6. The number of benzene rings is 2. The summed E-state index contributed by atoms with van der Waals surface area (Å²) in [6.45, 7) is 3.71. The number of hydrazone groups is 1. The zero-order valence-corrected chi connectivity index (χ0v) is 18.6. The van der Waals surface area contributed by atoms with Crippen LogP contribution in [0.4, 0.5) is 18.9 Å². The molecule has 11 heteroatoms. The number of carbonyl (C=O) groups excluding carboxylic acids is 2. The van der Waals surface area contributed by atoms with Gasteiger partial charge >= 0.3 is 6.18 Å². The van der Waals surface area contributed by atoms with E-state index in [1.807, 2.05) is 35.6 Å². The van der Waals surface area contributed by atoms with Crippen molar-refractivity contribution in [3.05, 3.63) is 71.1 Å². The summed E-state index contributed by atoms with van der Waals surface area (Å²) in [5.41, 5.74) is 12.2. The number of primary amides is 1. The molecule has 2 rings (SSSR count). The Morgan fingerprint density at radius 1 is 1.15 bits per heavy atom. The molecule has 0 heterocycles. The molecule has 0 unspecified atom stereocenters. The molecular weight excluding hydrogens is 451 g/mol. The minimum atomic E-state index is -4.55. The second-order valence-corrected chi connectivity index (χ2v) is 7.23. The standard InChI is InChI=1S/C23H26F3N5O3/c1-15(20(27)21(28)32)31(29-2)18-11-10-17(22(33)30-14-23(24,25)26)13-19(18)34-12-6-9-16-7-4-3-5-8-16/h3-5,7-8,10-11,13H,2,6,9,12,14,27H2,1H3,(H2,28,32)(H,30,33)/b20-15-. The van der Waals surface area contributed by atoms with Crippen molar-refractivity contribution in [2.45, 2.75) is 25.9 Å². The van der Waals surface area contributed by atoms with Crippen molar-refractivity contribution in [3.8, 4) is 5.75 Å². The largest absolute Gasteiger partial charge is 0.491 e. The van der Waals surface area contributed by atoms with E-state index in [4.69, 9.17) is 16.2 Å². The molecule has 0 aliphatic carbocycles. The topological polar surface area (TPSA) is 123 Å². The Balaban J connectivity index is 2.31. The highest BCUT2D eigenvalue weighted by Crippen LogP contribution is 2.33. The Morgan fingerprint density at radius 3 is 2.41 bits per heavy atom. The molecule has 0 aliphatic heterocycles. The number of nitrogens with two attached hydrogens (primary N) is 2. The molecule has 0 aromatic heterocycles. The summed E-state index contributed by atoms with van der Waals surface area (Å²) in [4.78, 5) is 23.7. The third-order valence-corrected chi connectivity index (χ3v) is 4.72. The van der Waals surface area contributed by atoms with Gasteiger partial charge in [0, 0.05) is 12.3 Å². The quantitative estimate of drug-likeness (QED) is 0.199. The van der Waals surface area contributed by atoms with Crippen LogP contribution in [0.3, 0.4) is 0 Å². The molecule has 0 fully saturated rings. The summed E-state index contributed by atoms with van der Waals surface area (Å²) in [6.07, 6.45) is -3.21. The van der Waals surface area contributed by atoms with Crippen molar-refractivity contribution in [1.29, 1.82) is 0 Å². The van der Waals surface area contributed by atoms with Gasteiger partial charge in [0.25, 0.3) is 11.8 Å². The van der Waals surface area contributed by atoms with E-state index >= 15 is 0 Å². The van der Waals surface area contributed by atoms with Gasteiger partial charge in [0.1, 0.15) is 23.7 Å². The van der Waals surface area contributed by atoms with Crippen molar-refractivity contribution in [3.63, 3.8) is 0 Å². The zero-order chi connectivity index (χ0) is 25.3. The average Bonchev–Trinajstić information content (AvgIpc) is 2.80. The third-order valence-electron chi connectivity index (χ3n) is 4.72.